The SMILES string of the molecule is CCCc1nc(S(=O)(=O)Cl)cn1C(C)C(=O)N(CC)CC. The van der Waals surface area contributed by atoms with Gasteiger partial charge in [-0.2, -0.15) is 0 Å². The molecule has 8 heteroatoms. The van der Waals surface area contributed by atoms with Crippen molar-refractivity contribution in [1.82, 2.24) is 14.5 Å². The fourth-order valence-corrected chi connectivity index (χ4v) is 2.86. The third-order valence-corrected chi connectivity index (χ3v) is 4.53. The van der Waals surface area contributed by atoms with Crippen LogP contribution in [0, 0.1) is 0 Å². The van der Waals surface area contributed by atoms with Crippen molar-refractivity contribution in [3.63, 3.8) is 0 Å². The van der Waals surface area contributed by atoms with Crippen molar-refractivity contribution in [2.24, 2.45) is 0 Å². The molecule has 1 atom stereocenters. The molecule has 120 valence electrons. The minimum atomic E-state index is -3.90. The Morgan fingerprint density at radius 1 is 1.38 bits per heavy atom. The number of hydrogen-bond donors (Lipinski definition) is 0. The first-order chi connectivity index (χ1) is 9.76. The van der Waals surface area contributed by atoms with E-state index in [-0.39, 0.29) is 10.9 Å². The number of likely N-dealkylation sites (N-methyl/N-ethyl adjacent to an activating group) is 1. The Morgan fingerprint density at radius 2 is 1.95 bits per heavy atom. The van der Waals surface area contributed by atoms with E-state index < -0.39 is 15.1 Å². The van der Waals surface area contributed by atoms with Crippen molar-refractivity contribution < 1.29 is 13.2 Å². The smallest absolute Gasteiger partial charge is 0.280 e. The minimum Gasteiger partial charge on any atom is -0.341 e. The maximum absolute atomic E-state index is 12.4. The Morgan fingerprint density at radius 3 is 2.38 bits per heavy atom. The van der Waals surface area contributed by atoms with Crippen molar-refractivity contribution in [3.05, 3.63) is 12.0 Å². The molecule has 21 heavy (non-hydrogen) atoms. The largest absolute Gasteiger partial charge is 0.341 e. The number of nitrogens with zero attached hydrogens (tertiary/aromatic N) is 3. The number of rotatable bonds is 7. The van der Waals surface area contributed by atoms with Gasteiger partial charge in [-0.3, -0.25) is 4.79 Å². The number of aromatic nitrogens is 2. The van der Waals surface area contributed by atoms with Gasteiger partial charge in [-0.1, -0.05) is 6.92 Å². The number of amides is 1. The van der Waals surface area contributed by atoms with Crippen molar-refractivity contribution >= 4 is 25.6 Å². The van der Waals surface area contributed by atoms with Crippen LogP contribution in [0.15, 0.2) is 11.2 Å². The minimum absolute atomic E-state index is 0.0618. The average Bonchev–Trinajstić information content (AvgIpc) is 2.83. The third-order valence-electron chi connectivity index (χ3n) is 3.36. The number of carbonyl (C=O) groups excluding carboxylic acids is 1. The van der Waals surface area contributed by atoms with Crippen LogP contribution in [0.1, 0.15) is 46.0 Å². The van der Waals surface area contributed by atoms with E-state index in [2.05, 4.69) is 4.98 Å². The molecule has 1 rings (SSSR count). The van der Waals surface area contributed by atoms with Crippen LogP contribution in [-0.4, -0.2) is 41.9 Å². The van der Waals surface area contributed by atoms with E-state index in [0.29, 0.717) is 25.3 Å². The Bertz CT molecular complexity index is 594. The summed E-state index contributed by atoms with van der Waals surface area (Å²) in [7, 11) is 1.45. The summed E-state index contributed by atoms with van der Waals surface area (Å²) < 4.78 is 24.5. The van der Waals surface area contributed by atoms with Crippen molar-refractivity contribution in [1.29, 1.82) is 0 Å². The molecular formula is C13H22ClN3O3S. The average molecular weight is 336 g/mol. The summed E-state index contributed by atoms with van der Waals surface area (Å²) >= 11 is 0. The van der Waals surface area contributed by atoms with E-state index in [9.17, 15) is 13.2 Å². The fourth-order valence-electron chi connectivity index (χ4n) is 2.19. The highest BCUT2D eigenvalue weighted by Gasteiger charge is 2.25. The van der Waals surface area contributed by atoms with Gasteiger partial charge in [-0.15, -0.1) is 0 Å². The van der Waals surface area contributed by atoms with Gasteiger partial charge >= 0.3 is 0 Å². The Labute approximate surface area is 130 Å². The van der Waals surface area contributed by atoms with Crippen LogP contribution in [0.3, 0.4) is 0 Å². The molecule has 0 bridgehead atoms. The molecule has 1 unspecified atom stereocenters. The molecule has 0 aliphatic rings. The van der Waals surface area contributed by atoms with Gasteiger partial charge in [0.25, 0.3) is 9.05 Å². The normalized spacial score (nSPS) is 13.2. The number of aryl methyl sites for hydroxylation is 1. The monoisotopic (exact) mass is 335 g/mol. The second-order valence-electron chi connectivity index (χ2n) is 4.78. The summed E-state index contributed by atoms with van der Waals surface area (Å²) in [6.07, 6.45) is 2.73. The van der Waals surface area contributed by atoms with Crippen molar-refractivity contribution in [2.45, 2.75) is 51.6 Å². The Balaban J connectivity index is 3.21. The molecule has 1 aromatic heterocycles. The van der Waals surface area contributed by atoms with E-state index in [4.69, 9.17) is 10.7 Å². The molecule has 0 aliphatic carbocycles. The van der Waals surface area contributed by atoms with E-state index in [0.717, 1.165) is 6.42 Å². The Kier molecular flexibility index (Phi) is 6.22. The van der Waals surface area contributed by atoms with Gasteiger partial charge < -0.3 is 9.47 Å². The maximum Gasteiger partial charge on any atom is 0.280 e. The first-order valence-corrected chi connectivity index (χ1v) is 9.38. The summed E-state index contributed by atoms with van der Waals surface area (Å²) in [5.74, 6) is 0.498. The standard InChI is InChI=1S/C13H22ClN3O3S/c1-5-8-11-15-12(21(14,19)20)9-17(11)10(4)13(18)16(6-2)7-3/h9-10H,5-8H2,1-4H3. The highest BCUT2D eigenvalue weighted by atomic mass is 35.7. The highest BCUT2D eigenvalue weighted by molar-refractivity contribution is 8.13. The maximum atomic E-state index is 12.4. The van der Waals surface area contributed by atoms with Crippen LogP contribution >= 0.6 is 10.7 Å². The van der Waals surface area contributed by atoms with Gasteiger partial charge in [0.15, 0.2) is 5.03 Å². The molecule has 1 amide bonds. The molecular weight excluding hydrogens is 314 g/mol. The van der Waals surface area contributed by atoms with Crippen molar-refractivity contribution in [3.8, 4) is 0 Å². The number of imidazole rings is 1. The van der Waals surface area contributed by atoms with Gasteiger partial charge in [-0.25, -0.2) is 13.4 Å². The first-order valence-electron chi connectivity index (χ1n) is 7.07. The summed E-state index contributed by atoms with van der Waals surface area (Å²) in [6, 6.07) is -0.508. The van der Waals surface area contributed by atoms with Crippen LogP contribution in [0.25, 0.3) is 0 Å². The van der Waals surface area contributed by atoms with Gasteiger partial charge in [0.05, 0.1) is 0 Å². The fraction of sp³-hybridized carbons (Fsp3) is 0.692. The van der Waals surface area contributed by atoms with Crippen LogP contribution in [0.5, 0.6) is 0 Å². The van der Waals surface area contributed by atoms with Gasteiger partial charge in [0.2, 0.25) is 5.91 Å². The predicted molar refractivity (Wildman–Crippen MR) is 81.9 cm³/mol. The van der Waals surface area contributed by atoms with Crippen LogP contribution in [0.2, 0.25) is 0 Å². The molecule has 1 aromatic rings. The van der Waals surface area contributed by atoms with E-state index >= 15 is 0 Å². The molecule has 0 radical (unpaired) electrons. The molecule has 0 aliphatic heterocycles. The number of halogens is 1. The lowest BCUT2D eigenvalue weighted by Gasteiger charge is -2.24. The second-order valence-corrected chi connectivity index (χ2v) is 7.29. The topological polar surface area (TPSA) is 72.3 Å². The zero-order chi connectivity index (χ0) is 16.2. The zero-order valence-electron chi connectivity index (χ0n) is 12.8. The molecule has 0 fully saturated rings. The molecule has 0 saturated heterocycles. The van der Waals surface area contributed by atoms with Gasteiger partial charge in [-0.05, 0) is 27.2 Å². The van der Waals surface area contributed by atoms with E-state index in [1.807, 2.05) is 20.8 Å². The number of hydrogen-bond acceptors (Lipinski definition) is 4. The van der Waals surface area contributed by atoms with Crippen LogP contribution in [-0.2, 0) is 20.3 Å². The molecule has 1 heterocycles. The highest BCUT2D eigenvalue weighted by Crippen LogP contribution is 2.20. The first kappa shape index (κ1) is 18.0. The lowest BCUT2D eigenvalue weighted by molar-refractivity contribution is -0.133. The lowest BCUT2D eigenvalue weighted by Crippen LogP contribution is -2.36. The van der Waals surface area contributed by atoms with E-state index in [1.54, 1.807) is 16.4 Å². The van der Waals surface area contributed by atoms with Crippen LogP contribution < -0.4 is 0 Å². The molecule has 0 spiro atoms. The zero-order valence-corrected chi connectivity index (χ0v) is 14.4. The lowest BCUT2D eigenvalue weighted by atomic mass is 10.2. The van der Waals surface area contributed by atoms with E-state index in [1.165, 1.54) is 6.20 Å². The summed E-state index contributed by atoms with van der Waals surface area (Å²) in [6.45, 7) is 8.74. The van der Waals surface area contributed by atoms with Crippen LogP contribution in [0.4, 0.5) is 0 Å². The molecule has 0 N–H and O–H groups in total. The summed E-state index contributed by atoms with van der Waals surface area (Å²) in [4.78, 5) is 18.2. The molecule has 0 aromatic carbocycles. The Hall–Kier alpha value is -1.08. The van der Waals surface area contributed by atoms with Gasteiger partial charge in [0, 0.05) is 36.4 Å². The summed E-state index contributed by atoms with van der Waals surface area (Å²) in [5.41, 5.74) is 0. The predicted octanol–water partition coefficient (Wildman–Crippen LogP) is 2.19. The van der Waals surface area contributed by atoms with Gasteiger partial charge in [0.1, 0.15) is 11.9 Å². The third kappa shape index (κ3) is 4.20. The molecule has 0 saturated carbocycles. The quantitative estimate of drug-likeness (QED) is 0.716. The number of carbonyl (C=O) groups is 1. The summed E-state index contributed by atoms with van der Waals surface area (Å²) in [5, 5.41) is -0.202. The second kappa shape index (κ2) is 7.26. The molecule has 6 nitrogen and oxygen atoms in total. The van der Waals surface area contributed by atoms with Crippen molar-refractivity contribution in [2.75, 3.05) is 13.1 Å².